The summed E-state index contributed by atoms with van der Waals surface area (Å²) in [6.45, 7) is 1.99. The number of para-hydroxylation sites is 1. The average Bonchev–Trinajstić information content (AvgIpc) is 2.53. The minimum absolute atomic E-state index is 0.00642. The molecule has 0 bridgehead atoms. The van der Waals surface area contributed by atoms with E-state index in [0.717, 1.165) is 18.2 Å². The second-order valence-corrected chi connectivity index (χ2v) is 5.94. The number of anilines is 1. The van der Waals surface area contributed by atoms with Crippen LogP contribution in [0.2, 0.25) is 0 Å². The van der Waals surface area contributed by atoms with Gasteiger partial charge in [-0.05, 0) is 18.6 Å². The predicted molar refractivity (Wildman–Crippen MR) is 91.6 cm³/mol. The van der Waals surface area contributed by atoms with Crippen molar-refractivity contribution in [1.82, 2.24) is 9.97 Å². The first-order valence-corrected chi connectivity index (χ1v) is 8.33. The van der Waals surface area contributed by atoms with Crippen molar-refractivity contribution in [2.24, 2.45) is 0 Å². The van der Waals surface area contributed by atoms with E-state index >= 15 is 0 Å². The van der Waals surface area contributed by atoms with Crippen LogP contribution in [0.25, 0.3) is 0 Å². The number of aromatic amines is 1. The zero-order valence-corrected chi connectivity index (χ0v) is 13.9. The molecule has 1 amide bonds. The van der Waals surface area contributed by atoms with Gasteiger partial charge in [0.15, 0.2) is 5.16 Å². The van der Waals surface area contributed by atoms with Gasteiger partial charge in [-0.15, -0.1) is 0 Å². The van der Waals surface area contributed by atoms with Gasteiger partial charge in [0.2, 0.25) is 5.91 Å². The van der Waals surface area contributed by atoms with Gasteiger partial charge in [-0.3, -0.25) is 9.59 Å². The summed E-state index contributed by atoms with van der Waals surface area (Å²) in [5.74, 6) is -1.49. The highest BCUT2D eigenvalue weighted by Gasteiger charge is 2.12. The molecule has 0 spiro atoms. The van der Waals surface area contributed by atoms with Crippen molar-refractivity contribution in [3.63, 3.8) is 0 Å². The maximum absolute atomic E-state index is 12.0. The highest BCUT2D eigenvalue weighted by atomic mass is 32.2. The number of amides is 1. The number of nitrogens with one attached hydrogen (secondary N) is 2. The van der Waals surface area contributed by atoms with Crippen LogP contribution in [0.3, 0.4) is 0 Å². The van der Waals surface area contributed by atoms with Crippen LogP contribution in [-0.2, 0) is 11.2 Å². The Labute approximate surface area is 142 Å². The zero-order chi connectivity index (χ0) is 17.5. The summed E-state index contributed by atoms with van der Waals surface area (Å²) < 4.78 is 0. The molecule has 0 aliphatic rings. The van der Waals surface area contributed by atoms with Crippen LogP contribution in [0.5, 0.6) is 0 Å². The van der Waals surface area contributed by atoms with Crippen molar-refractivity contribution >= 4 is 29.3 Å². The number of thioether (sulfide) groups is 1. The Morgan fingerprint density at radius 1 is 1.33 bits per heavy atom. The molecule has 8 heteroatoms. The average molecular weight is 347 g/mol. The van der Waals surface area contributed by atoms with Crippen molar-refractivity contribution in [2.75, 3.05) is 11.1 Å². The smallest absolute Gasteiger partial charge is 0.337 e. The number of aromatic nitrogens is 2. The summed E-state index contributed by atoms with van der Waals surface area (Å²) in [4.78, 5) is 41.5. The van der Waals surface area contributed by atoms with Crippen molar-refractivity contribution in [2.45, 2.75) is 24.9 Å². The van der Waals surface area contributed by atoms with Crippen LogP contribution in [0.1, 0.15) is 29.4 Å². The van der Waals surface area contributed by atoms with Crippen molar-refractivity contribution in [1.29, 1.82) is 0 Å². The van der Waals surface area contributed by atoms with E-state index < -0.39 is 5.97 Å². The molecule has 2 rings (SSSR count). The van der Waals surface area contributed by atoms with Crippen LogP contribution < -0.4 is 10.9 Å². The van der Waals surface area contributed by atoms with E-state index in [2.05, 4.69) is 15.3 Å². The molecule has 0 saturated heterocycles. The molecule has 0 aliphatic carbocycles. The molecular formula is C16H17N3O4S. The van der Waals surface area contributed by atoms with Gasteiger partial charge in [0.25, 0.3) is 5.56 Å². The Balaban J connectivity index is 2.02. The fourth-order valence-electron chi connectivity index (χ4n) is 2.03. The standard InChI is InChI=1S/C16H17N3O4S/c1-2-5-10-8-13(20)19-16(17-10)24-9-14(21)18-12-7-4-3-6-11(12)15(22)23/h3-4,6-8H,2,5,9H2,1H3,(H,18,21)(H,22,23)(H,17,19,20). The van der Waals surface area contributed by atoms with Crippen molar-refractivity contribution in [3.05, 3.63) is 51.9 Å². The van der Waals surface area contributed by atoms with Crippen LogP contribution in [-0.4, -0.2) is 32.7 Å². The molecule has 24 heavy (non-hydrogen) atoms. The van der Waals surface area contributed by atoms with Crippen molar-refractivity contribution < 1.29 is 14.7 Å². The molecule has 1 heterocycles. The predicted octanol–water partition coefficient (Wildman–Crippen LogP) is 2.15. The van der Waals surface area contributed by atoms with Gasteiger partial charge in [0.1, 0.15) is 0 Å². The number of benzene rings is 1. The molecule has 1 aromatic heterocycles. The number of carboxylic acid groups (broad SMARTS) is 1. The van der Waals surface area contributed by atoms with Gasteiger partial charge in [-0.1, -0.05) is 37.2 Å². The molecule has 0 atom stereocenters. The number of aromatic carboxylic acids is 1. The third-order valence-electron chi connectivity index (χ3n) is 3.05. The third kappa shape index (κ3) is 4.95. The lowest BCUT2D eigenvalue weighted by molar-refractivity contribution is -0.113. The van der Waals surface area contributed by atoms with Gasteiger partial charge in [-0.25, -0.2) is 9.78 Å². The molecule has 7 nitrogen and oxygen atoms in total. The topological polar surface area (TPSA) is 112 Å². The van der Waals surface area contributed by atoms with Gasteiger partial charge < -0.3 is 15.4 Å². The summed E-state index contributed by atoms with van der Waals surface area (Å²) in [5, 5.41) is 12.0. The Morgan fingerprint density at radius 3 is 2.79 bits per heavy atom. The van der Waals surface area contributed by atoms with E-state index in [1.807, 2.05) is 6.92 Å². The number of carbonyl (C=O) groups excluding carboxylic acids is 1. The summed E-state index contributed by atoms with van der Waals surface area (Å²) in [6, 6.07) is 7.60. The summed E-state index contributed by atoms with van der Waals surface area (Å²) in [7, 11) is 0. The molecule has 2 aromatic rings. The Hall–Kier alpha value is -2.61. The summed E-state index contributed by atoms with van der Waals surface area (Å²) >= 11 is 1.09. The Bertz CT molecular complexity index is 804. The lowest BCUT2D eigenvalue weighted by Gasteiger charge is -2.08. The number of hydrogen-bond donors (Lipinski definition) is 3. The maximum Gasteiger partial charge on any atom is 0.337 e. The zero-order valence-electron chi connectivity index (χ0n) is 13.0. The largest absolute Gasteiger partial charge is 0.478 e. The molecule has 126 valence electrons. The molecular weight excluding hydrogens is 330 g/mol. The summed E-state index contributed by atoms with van der Waals surface area (Å²) in [6.07, 6.45) is 1.56. The SMILES string of the molecule is CCCc1cc(=O)[nH]c(SCC(=O)Nc2ccccc2C(=O)O)n1. The van der Waals surface area contributed by atoms with E-state index in [1.54, 1.807) is 12.1 Å². The van der Waals surface area contributed by atoms with Gasteiger partial charge in [-0.2, -0.15) is 0 Å². The normalized spacial score (nSPS) is 10.4. The number of H-pyrrole nitrogens is 1. The van der Waals surface area contributed by atoms with Gasteiger partial charge >= 0.3 is 5.97 Å². The Kier molecular flexibility index (Phi) is 6.14. The summed E-state index contributed by atoms with van der Waals surface area (Å²) in [5.41, 5.74) is 0.678. The van der Waals surface area contributed by atoms with Gasteiger partial charge in [0, 0.05) is 11.8 Å². The van der Waals surface area contributed by atoms with Crippen LogP contribution >= 0.6 is 11.8 Å². The minimum atomic E-state index is -1.11. The molecule has 1 aromatic carbocycles. The number of nitrogens with zero attached hydrogens (tertiary/aromatic N) is 1. The quantitative estimate of drug-likeness (QED) is 0.523. The molecule has 0 unspecified atom stereocenters. The number of carbonyl (C=O) groups is 2. The number of rotatable bonds is 7. The highest BCUT2D eigenvalue weighted by Crippen LogP contribution is 2.17. The van der Waals surface area contributed by atoms with E-state index in [-0.39, 0.29) is 28.5 Å². The second kappa shape index (κ2) is 8.30. The van der Waals surface area contributed by atoms with E-state index in [9.17, 15) is 14.4 Å². The second-order valence-electron chi connectivity index (χ2n) is 4.98. The van der Waals surface area contributed by atoms with Crippen molar-refractivity contribution in [3.8, 4) is 0 Å². The number of carboxylic acids is 1. The molecule has 0 saturated carbocycles. The third-order valence-corrected chi connectivity index (χ3v) is 3.92. The maximum atomic E-state index is 12.0. The van der Waals surface area contributed by atoms with E-state index in [1.165, 1.54) is 18.2 Å². The first kappa shape index (κ1) is 17.7. The van der Waals surface area contributed by atoms with Crippen LogP contribution in [0, 0.1) is 0 Å². The molecule has 0 aliphatic heterocycles. The first-order valence-electron chi connectivity index (χ1n) is 7.34. The molecule has 3 N–H and O–H groups in total. The van der Waals surface area contributed by atoms with Crippen LogP contribution in [0.15, 0.2) is 40.3 Å². The fourth-order valence-corrected chi connectivity index (χ4v) is 2.73. The number of aryl methyl sites for hydroxylation is 1. The van der Waals surface area contributed by atoms with Crippen LogP contribution in [0.4, 0.5) is 5.69 Å². The first-order chi connectivity index (χ1) is 11.5. The molecule has 0 fully saturated rings. The monoisotopic (exact) mass is 347 g/mol. The van der Waals surface area contributed by atoms with E-state index in [0.29, 0.717) is 17.3 Å². The highest BCUT2D eigenvalue weighted by molar-refractivity contribution is 7.99. The minimum Gasteiger partial charge on any atom is -0.478 e. The number of hydrogen-bond acceptors (Lipinski definition) is 5. The lowest BCUT2D eigenvalue weighted by Crippen LogP contribution is -2.17. The fraction of sp³-hybridized carbons (Fsp3) is 0.250. The Morgan fingerprint density at radius 2 is 2.08 bits per heavy atom. The van der Waals surface area contributed by atoms with E-state index in [4.69, 9.17) is 5.11 Å². The molecule has 0 radical (unpaired) electrons. The van der Waals surface area contributed by atoms with Gasteiger partial charge in [0.05, 0.1) is 17.0 Å². The lowest BCUT2D eigenvalue weighted by atomic mass is 10.2.